The molecule has 0 aliphatic carbocycles. The van der Waals surface area contributed by atoms with Gasteiger partial charge in [0.25, 0.3) is 0 Å². The van der Waals surface area contributed by atoms with Crippen LogP contribution in [0.15, 0.2) is 0 Å². The quantitative estimate of drug-likeness (QED) is 0.0791. The van der Waals surface area contributed by atoms with Gasteiger partial charge in [0.1, 0.15) is 0 Å². The van der Waals surface area contributed by atoms with Gasteiger partial charge in [-0.1, -0.05) is 55.4 Å². The highest BCUT2D eigenvalue weighted by Gasteiger charge is 2.78. The molecule has 0 aromatic heterocycles. The predicted molar refractivity (Wildman–Crippen MR) is 194 cm³/mol. The first-order chi connectivity index (χ1) is 22.5. The largest absolute Gasteiger partial charge is 0.674 e. The summed E-state index contributed by atoms with van der Waals surface area (Å²) in [6.45, 7) is 31.9. The Morgan fingerprint density at radius 3 is 0.792 bits per heavy atom. The third-order valence-electron chi connectivity index (χ3n) is 8.36. The third-order valence-corrected chi connectivity index (χ3v) is 21.9. The molecule has 1 saturated heterocycles. The Bertz CT molecular complexity index is 786. The van der Waals surface area contributed by atoms with Gasteiger partial charge < -0.3 is 51.9 Å². The van der Waals surface area contributed by atoms with Gasteiger partial charge >= 0.3 is 36.2 Å². The van der Waals surface area contributed by atoms with Gasteiger partial charge in [0.15, 0.2) is 0 Å². The zero-order valence-electron chi connectivity index (χ0n) is 33.2. The SMILES string of the molecule is CCC(C)O[Si](OC(C)CC)(OC(C)CC)O[Si]1(OC(C)CC)O[Si](OC(C)CC)(OC(C)CC)O[Si](OC(C)CC)(OC(C)CC)O1. The van der Waals surface area contributed by atoms with Gasteiger partial charge in [0.2, 0.25) is 0 Å². The maximum absolute atomic E-state index is 7.14. The van der Waals surface area contributed by atoms with Gasteiger partial charge in [-0.3, -0.25) is 0 Å². The van der Waals surface area contributed by atoms with Gasteiger partial charge in [-0.2, -0.15) is 0 Å². The van der Waals surface area contributed by atoms with Crippen molar-refractivity contribution in [2.45, 2.75) is 211 Å². The van der Waals surface area contributed by atoms with E-state index < -0.39 is 36.2 Å². The van der Waals surface area contributed by atoms with E-state index in [4.69, 9.17) is 51.9 Å². The number of rotatable bonds is 26. The molecule has 0 spiro atoms. The molecule has 0 aromatic rings. The number of hydrogen-bond donors (Lipinski definition) is 0. The summed E-state index contributed by atoms with van der Waals surface area (Å²) in [5, 5.41) is 0. The Labute approximate surface area is 298 Å². The summed E-state index contributed by atoms with van der Waals surface area (Å²) in [6.07, 6.45) is 2.96. The molecule has 8 atom stereocenters. The Morgan fingerprint density at radius 2 is 0.562 bits per heavy atom. The van der Waals surface area contributed by atoms with E-state index in [9.17, 15) is 0 Å². The zero-order valence-corrected chi connectivity index (χ0v) is 37.2. The molecule has 288 valence electrons. The van der Waals surface area contributed by atoms with Gasteiger partial charge in [-0.15, -0.1) is 0 Å². The van der Waals surface area contributed by atoms with E-state index in [2.05, 4.69) is 0 Å². The van der Waals surface area contributed by atoms with Crippen molar-refractivity contribution in [3.8, 4) is 0 Å². The van der Waals surface area contributed by atoms with Crippen LogP contribution in [0.1, 0.15) is 162 Å². The lowest BCUT2D eigenvalue weighted by Crippen LogP contribution is -2.80. The van der Waals surface area contributed by atoms with Crippen LogP contribution in [0, 0.1) is 0 Å². The normalized spacial score (nSPS) is 29.8. The lowest BCUT2D eigenvalue weighted by atomic mass is 10.3. The first kappa shape index (κ1) is 46.4. The van der Waals surface area contributed by atoms with E-state index in [1.54, 1.807) is 0 Å². The van der Waals surface area contributed by atoms with Crippen LogP contribution in [-0.4, -0.2) is 85.0 Å². The summed E-state index contributed by atoms with van der Waals surface area (Å²) in [6, 6.07) is 0. The van der Waals surface area contributed by atoms with Crippen LogP contribution in [0.3, 0.4) is 0 Å². The fourth-order valence-electron chi connectivity index (χ4n) is 3.83. The van der Waals surface area contributed by atoms with Crippen LogP contribution in [0.4, 0.5) is 0 Å². The molecule has 0 saturated carbocycles. The van der Waals surface area contributed by atoms with Crippen LogP contribution in [0.25, 0.3) is 0 Å². The van der Waals surface area contributed by atoms with Crippen LogP contribution in [0.2, 0.25) is 0 Å². The van der Waals surface area contributed by atoms with Gasteiger partial charge in [0.05, 0.1) is 0 Å². The van der Waals surface area contributed by atoms with Crippen molar-refractivity contribution < 1.29 is 51.9 Å². The molecular weight excluding hydrogens is 689 g/mol. The van der Waals surface area contributed by atoms with Crippen molar-refractivity contribution in [3.05, 3.63) is 0 Å². The molecule has 1 rings (SSSR count). The van der Waals surface area contributed by atoms with Crippen molar-refractivity contribution in [1.29, 1.82) is 0 Å². The summed E-state index contributed by atoms with van der Waals surface area (Å²) in [5.41, 5.74) is 0. The minimum Gasteiger partial charge on any atom is -0.350 e. The second-order valence-corrected chi connectivity index (χ2v) is 22.3. The Balaban J connectivity index is 4.29. The maximum Gasteiger partial charge on any atom is 0.674 e. The molecule has 1 aliphatic rings. The Morgan fingerprint density at radius 1 is 0.354 bits per heavy atom. The molecule has 1 aliphatic heterocycles. The molecule has 48 heavy (non-hydrogen) atoms. The average molecular weight is 761 g/mol. The molecule has 1 heterocycles. The van der Waals surface area contributed by atoms with Crippen molar-refractivity contribution >= 4 is 36.2 Å². The van der Waals surface area contributed by atoms with E-state index in [1.807, 2.05) is 111 Å². The van der Waals surface area contributed by atoms with E-state index in [1.165, 1.54) is 0 Å². The highest BCUT2D eigenvalue weighted by molar-refractivity contribution is 6.85. The van der Waals surface area contributed by atoms with Crippen LogP contribution >= 0.6 is 0 Å². The molecule has 0 N–H and O–H groups in total. The number of hydrogen-bond acceptors (Lipinski definition) is 12. The van der Waals surface area contributed by atoms with Crippen molar-refractivity contribution in [2.24, 2.45) is 0 Å². The van der Waals surface area contributed by atoms with Crippen molar-refractivity contribution in [1.82, 2.24) is 0 Å². The summed E-state index contributed by atoms with van der Waals surface area (Å²) in [4.78, 5) is 0. The molecule has 8 unspecified atom stereocenters. The molecule has 0 amide bonds. The smallest absolute Gasteiger partial charge is 0.350 e. The fourth-order valence-corrected chi connectivity index (χ4v) is 19.7. The zero-order chi connectivity index (χ0) is 36.8. The van der Waals surface area contributed by atoms with E-state index in [-0.39, 0.29) is 48.8 Å². The van der Waals surface area contributed by atoms with Gasteiger partial charge in [-0.05, 0) is 107 Å². The lowest BCUT2D eigenvalue weighted by Gasteiger charge is -2.50. The highest BCUT2D eigenvalue weighted by atomic mass is 28.6. The molecule has 0 aromatic carbocycles. The average Bonchev–Trinajstić information content (AvgIpc) is 3.03. The van der Waals surface area contributed by atoms with Crippen LogP contribution in [-0.2, 0) is 51.9 Å². The minimum absolute atomic E-state index is 0.274. The summed E-state index contributed by atoms with van der Waals surface area (Å²) >= 11 is 0. The van der Waals surface area contributed by atoms with Crippen LogP contribution in [0.5, 0.6) is 0 Å². The van der Waals surface area contributed by atoms with E-state index >= 15 is 0 Å². The topological polar surface area (TPSA) is 111 Å². The van der Waals surface area contributed by atoms with E-state index in [0.29, 0.717) is 51.4 Å². The molecule has 1 fully saturated rings. The lowest BCUT2D eigenvalue weighted by molar-refractivity contribution is -0.148. The standard InChI is InChI=1S/C32H72O12Si4/c1-17-25(9)33-45(34-26(10)18-2,35-27(11)19-3)41-48(40-32(16)24-8)43-46(36-28(12)20-4,37-29(13)21-5)42-47(44-48,38-30(14)22-6)39-31(15)23-7/h25-32H,17-24H2,1-16H3. The van der Waals surface area contributed by atoms with Crippen molar-refractivity contribution in [2.75, 3.05) is 0 Å². The summed E-state index contributed by atoms with van der Waals surface area (Å²) < 4.78 is 81.8. The molecule has 16 heteroatoms. The summed E-state index contributed by atoms with van der Waals surface area (Å²) in [5.74, 6) is 0. The molecular formula is C32H72O12Si4. The molecule has 0 bridgehead atoms. The minimum atomic E-state index is -4.54. The first-order valence-corrected chi connectivity index (χ1v) is 25.2. The highest BCUT2D eigenvalue weighted by Crippen LogP contribution is 2.41. The second kappa shape index (κ2) is 21.8. The Kier molecular flexibility index (Phi) is 21.1. The predicted octanol–water partition coefficient (Wildman–Crippen LogP) is 8.33. The summed E-state index contributed by atoms with van der Waals surface area (Å²) in [7, 11) is -17.2. The monoisotopic (exact) mass is 760 g/mol. The fraction of sp³-hybridized carbons (Fsp3) is 1.00. The molecule has 12 nitrogen and oxygen atoms in total. The van der Waals surface area contributed by atoms with Gasteiger partial charge in [0, 0.05) is 48.8 Å². The Hall–Kier alpha value is 0.388. The van der Waals surface area contributed by atoms with Crippen molar-refractivity contribution in [3.63, 3.8) is 0 Å². The molecule has 0 radical (unpaired) electrons. The van der Waals surface area contributed by atoms with Crippen LogP contribution < -0.4 is 0 Å². The van der Waals surface area contributed by atoms with Gasteiger partial charge in [-0.25, -0.2) is 0 Å². The maximum atomic E-state index is 7.14. The van der Waals surface area contributed by atoms with E-state index in [0.717, 1.165) is 0 Å². The first-order valence-electron chi connectivity index (χ1n) is 18.7. The second-order valence-electron chi connectivity index (χ2n) is 13.1. The third kappa shape index (κ3) is 14.8.